The lowest BCUT2D eigenvalue weighted by Gasteiger charge is -2.34. The molecule has 1 N–H and O–H groups in total. The Bertz CT molecular complexity index is 353. The van der Waals surface area contributed by atoms with Gasteiger partial charge in [0.2, 0.25) is 0 Å². The van der Waals surface area contributed by atoms with E-state index in [1.54, 1.807) is 6.20 Å². The Morgan fingerprint density at radius 3 is 3.12 bits per heavy atom. The molecule has 1 atom stereocenters. The highest BCUT2D eigenvalue weighted by atomic mass is 16.4. The van der Waals surface area contributed by atoms with Crippen molar-refractivity contribution in [2.45, 2.75) is 25.3 Å². The van der Waals surface area contributed by atoms with Crippen molar-refractivity contribution >= 4 is 5.97 Å². The fourth-order valence-corrected chi connectivity index (χ4v) is 2.30. The van der Waals surface area contributed by atoms with Gasteiger partial charge >= 0.3 is 5.97 Å². The van der Waals surface area contributed by atoms with Crippen molar-refractivity contribution in [1.82, 2.24) is 9.88 Å². The molecule has 0 radical (unpaired) electrons. The van der Waals surface area contributed by atoms with Gasteiger partial charge in [0.1, 0.15) is 0 Å². The molecule has 86 valence electrons. The molecule has 1 aliphatic rings. The van der Waals surface area contributed by atoms with Crippen LogP contribution in [0.4, 0.5) is 0 Å². The minimum Gasteiger partial charge on any atom is -0.480 e. The third-order valence-electron chi connectivity index (χ3n) is 3.02. The second-order valence-electron chi connectivity index (χ2n) is 4.16. The summed E-state index contributed by atoms with van der Waals surface area (Å²) in [4.78, 5) is 16.9. The molecule has 2 heterocycles. The lowest BCUT2D eigenvalue weighted by molar-refractivity contribution is -0.139. The summed E-state index contributed by atoms with van der Waals surface area (Å²) in [5.41, 5.74) is 1.13. The highest BCUT2D eigenvalue weighted by molar-refractivity contribution is 5.69. The SMILES string of the molecule is O=C(O)CN1CCCCC1c1cccnc1. The first-order chi connectivity index (χ1) is 7.77. The van der Waals surface area contributed by atoms with E-state index in [9.17, 15) is 4.79 Å². The van der Waals surface area contributed by atoms with Crippen molar-refractivity contribution in [2.24, 2.45) is 0 Å². The highest BCUT2D eigenvalue weighted by Crippen LogP contribution is 2.29. The van der Waals surface area contributed by atoms with E-state index in [1.165, 1.54) is 0 Å². The highest BCUT2D eigenvalue weighted by Gasteiger charge is 2.25. The van der Waals surface area contributed by atoms with Crippen LogP contribution in [0.25, 0.3) is 0 Å². The molecule has 1 saturated heterocycles. The molecule has 0 spiro atoms. The Labute approximate surface area is 94.9 Å². The Morgan fingerprint density at radius 1 is 1.56 bits per heavy atom. The van der Waals surface area contributed by atoms with Crippen molar-refractivity contribution in [3.8, 4) is 0 Å². The van der Waals surface area contributed by atoms with Crippen LogP contribution in [0.15, 0.2) is 24.5 Å². The number of aromatic nitrogens is 1. The number of piperidine rings is 1. The van der Waals surface area contributed by atoms with Gasteiger partial charge in [-0.1, -0.05) is 12.5 Å². The summed E-state index contributed by atoms with van der Waals surface area (Å²) in [6.07, 6.45) is 6.86. The molecule has 1 unspecified atom stereocenters. The molecule has 1 aliphatic heterocycles. The first kappa shape index (κ1) is 11.1. The predicted octanol–water partition coefficient (Wildman–Crippen LogP) is 1.69. The molecule has 0 saturated carbocycles. The Balaban J connectivity index is 2.13. The minimum absolute atomic E-state index is 0.125. The predicted molar refractivity (Wildman–Crippen MR) is 60.0 cm³/mol. The van der Waals surface area contributed by atoms with Gasteiger partial charge < -0.3 is 5.11 Å². The lowest BCUT2D eigenvalue weighted by Crippen LogP contribution is -2.37. The average molecular weight is 220 g/mol. The zero-order chi connectivity index (χ0) is 11.4. The summed E-state index contributed by atoms with van der Waals surface area (Å²) in [7, 11) is 0. The quantitative estimate of drug-likeness (QED) is 0.842. The van der Waals surface area contributed by atoms with Crippen molar-refractivity contribution < 1.29 is 9.90 Å². The zero-order valence-electron chi connectivity index (χ0n) is 9.17. The van der Waals surface area contributed by atoms with Crippen LogP contribution in [0, 0.1) is 0 Å². The first-order valence-corrected chi connectivity index (χ1v) is 5.63. The summed E-state index contributed by atoms with van der Waals surface area (Å²) in [5, 5.41) is 8.87. The minimum atomic E-state index is -0.754. The van der Waals surface area contributed by atoms with Gasteiger partial charge in [0.15, 0.2) is 0 Å². The number of hydrogen-bond acceptors (Lipinski definition) is 3. The number of likely N-dealkylation sites (tertiary alicyclic amines) is 1. The topological polar surface area (TPSA) is 53.4 Å². The number of carboxylic acids is 1. The summed E-state index contributed by atoms with van der Waals surface area (Å²) in [6.45, 7) is 0.991. The number of aliphatic carboxylic acids is 1. The van der Waals surface area contributed by atoms with E-state index in [-0.39, 0.29) is 12.6 Å². The molecule has 1 fully saturated rings. The van der Waals surface area contributed by atoms with E-state index in [4.69, 9.17) is 5.11 Å². The van der Waals surface area contributed by atoms with Crippen LogP contribution in [-0.4, -0.2) is 34.0 Å². The van der Waals surface area contributed by atoms with Gasteiger partial charge in [0.05, 0.1) is 6.54 Å². The first-order valence-electron chi connectivity index (χ1n) is 5.63. The Kier molecular flexibility index (Phi) is 3.51. The fourth-order valence-electron chi connectivity index (χ4n) is 2.30. The number of carboxylic acid groups (broad SMARTS) is 1. The van der Waals surface area contributed by atoms with Gasteiger partial charge in [0.25, 0.3) is 0 Å². The molecule has 0 aromatic carbocycles. The van der Waals surface area contributed by atoms with Crippen LogP contribution in [0.2, 0.25) is 0 Å². The number of rotatable bonds is 3. The van der Waals surface area contributed by atoms with E-state index in [1.807, 2.05) is 23.2 Å². The van der Waals surface area contributed by atoms with E-state index < -0.39 is 5.97 Å². The number of nitrogens with zero attached hydrogens (tertiary/aromatic N) is 2. The Hall–Kier alpha value is -1.42. The van der Waals surface area contributed by atoms with Gasteiger partial charge in [-0.15, -0.1) is 0 Å². The number of pyridine rings is 1. The van der Waals surface area contributed by atoms with Crippen molar-refractivity contribution in [3.63, 3.8) is 0 Å². The van der Waals surface area contributed by atoms with Gasteiger partial charge in [-0.3, -0.25) is 14.7 Å². The molecule has 0 amide bonds. The van der Waals surface area contributed by atoms with Gasteiger partial charge in [-0.05, 0) is 31.0 Å². The molecule has 0 aliphatic carbocycles. The van der Waals surface area contributed by atoms with Crippen molar-refractivity contribution in [2.75, 3.05) is 13.1 Å². The standard InChI is InChI=1S/C12H16N2O2/c15-12(16)9-14-7-2-1-5-11(14)10-4-3-6-13-8-10/h3-4,6,8,11H,1-2,5,7,9H2,(H,15,16). The van der Waals surface area contributed by atoms with Gasteiger partial charge in [-0.25, -0.2) is 0 Å². The van der Waals surface area contributed by atoms with Crippen LogP contribution in [0.1, 0.15) is 30.9 Å². The molecule has 0 bridgehead atoms. The normalized spacial score (nSPS) is 21.9. The van der Waals surface area contributed by atoms with E-state index >= 15 is 0 Å². The lowest BCUT2D eigenvalue weighted by atomic mass is 9.96. The number of hydrogen-bond donors (Lipinski definition) is 1. The molecule has 16 heavy (non-hydrogen) atoms. The third kappa shape index (κ3) is 2.58. The third-order valence-corrected chi connectivity index (χ3v) is 3.02. The van der Waals surface area contributed by atoms with E-state index in [0.717, 1.165) is 31.4 Å². The maximum atomic E-state index is 10.8. The van der Waals surface area contributed by atoms with Crippen LogP contribution < -0.4 is 0 Å². The van der Waals surface area contributed by atoms with Crippen LogP contribution in [0.5, 0.6) is 0 Å². The van der Waals surface area contributed by atoms with Gasteiger partial charge in [0, 0.05) is 18.4 Å². The molecule has 2 rings (SSSR count). The zero-order valence-corrected chi connectivity index (χ0v) is 9.17. The smallest absolute Gasteiger partial charge is 0.317 e. The second-order valence-corrected chi connectivity index (χ2v) is 4.16. The maximum Gasteiger partial charge on any atom is 0.317 e. The van der Waals surface area contributed by atoms with Crippen molar-refractivity contribution in [1.29, 1.82) is 0 Å². The van der Waals surface area contributed by atoms with Gasteiger partial charge in [-0.2, -0.15) is 0 Å². The largest absolute Gasteiger partial charge is 0.480 e. The second kappa shape index (κ2) is 5.07. The van der Waals surface area contributed by atoms with Crippen LogP contribution in [0.3, 0.4) is 0 Å². The molecular weight excluding hydrogens is 204 g/mol. The monoisotopic (exact) mass is 220 g/mol. The summed E-state index contributed by atoms with van der Waals surface area (Å²) in [5.74, 6) is -0.754. The molecular formula is C12H16N2O2. The fraction of sp³-hybridized carbons (Fsp3) is 0.500. The average Bonchev–Trinajstić information content (AvgIpc) is 2.30. The molecule has 1 aromatic heterocycles. The summed E-state index contributed by atoms with van der Waals surface area (Å²) < 4.78 is 0. The Morgan fingerprint density at radius 2 is 2.44 bits per heavy atom. The van der Waals surface area contributed by atoms with E-state index in [2.05, 4.69) is 4.98 Å². The van der Waals surface area contributed by atoms with E-state index in [0.29, 0.717) is 0 Å². The molecule has 4 nitrogen and oxygen atoms in total. The molecule has 1 aromatic rings. The summed E-state index contributed by atoms with van der Waals surface area (Å²) in [6, 6.07) is 4.15. The molecule has 4 heteroatoms. The summed E-state index contributed by atoms with van der Waals surface area (Å²) >= 11 is 0. The maximum absolute atomic E-state index is 10.8. The van der Waals surface area contributed by atoms with Crippen LogP contribution in [-0.2, 0) is 4.79 Å². The van der Waals surface area contributed by atoms with Crippen LogP contribution >= 0.6 is 0 Å². The van der Waals surface area contributed by atoms with Crippen molar-refractivity contribution in [3.05, 3.63) is 30.1 Å². The number of carbonyl (C=O) groups is 1.